The van der Waals surface area contributed by atoms with Gasteiger partial charge in [-0.25, -0.2) is 0 Å². The number of pyridine rings is 1. The number of hydrogen-bond donors (Lipinski definition) is 1. The minimum atomic E-state index is 0.120. The molecule has 0 saturated carbocycles. The molecule has 0 amide bonds. The van der Waals surface area contributed by atoms with Gasteiger partial charge in [0.1, 0.15) is 0 Å². The molecule has 0 aliphatic heterocycles. The fraction of sp³-hybridized carbons (Fsp3) is 0.385. The predicted octanol–water partition coefficient (Wildman–Crippen LogP) is 2.45. The van der Waals surface area contributed by atoms with Gasteiger partial charge < -0.3 is 5.32 Å². The monoisotopic (exact) mass is 264 g/mol. The Morgan fingerprint density at radius 2 is 2.28 bits per heavy atom. The van der Waals surface area contributed by atoms with Gasteiger partial charge in [0, 0.05) is 24.9 Å². The Labute approximate surface area is 112 Å². The molecule has 18 heavy (non-hydrogen) atoms. The molecular weight excluding hydrogens is 248 g/mol. The summed E-state index contributed by atoms with van der Waals surface area (Å²) in [5.41, 5.74) is 2.06. The van der Waals surface area contributed by atoms with Gasteiger partial charge in [-0.05, 0) is 26.1 Å². The Kier molecular flexibility index (Phi) is 4.33. The first kappa shape index (κ1) is 13.1. The summed E-state index contributed by atoms with van der Waals surface area (Å²) in [6.07, 6.45) is 4.30. The Bertz CT molecular complexity index is 495. The number of aromatic nitrogens is 3. The van der Waals surface area contributed by atoms with Gasteiger partial charge in [-0.1, -0.05) is 17.7 Å². The van der Waals surface area contributed by atoms with E-state index >= 15 is 0 Å². The van der Waals surface area contributed by atoms with Gasteiger partial charge in [-0.3, -0.25) is 9.67 Å². The number of rotatable bonds is 5. The number of halogens is 1. The minimum Gasteiger partial charge on any atom is -0.311 e. The maximum atomic E-state index is 6.22. The molecular formula is C13H17ClN4. The van der Waals surface area contributed by atoms with Crippen LogP contribution in [0.2, 0.25) is 5.02 Å². The summed E-state index contributed by atoms with van der Waals surface area (Å²) in [6, 6.07) is 6.05. The molecule has 0 bridgehead atoms. The van der Waals surface area contributed by atoms with E-state index in [-0.39, 0.29) is 6.04 Å². The average Bonchev–Trinajstić information content (AvgIpc) is 2.78. The normalized spacial score (nSPS) is 12.6. The van der Waals surface area contributed by atoms with Crippen molar-refractivity contribution in [2.24, 2.45) is 0 Å². The molecule has 0 saturated heterocycles. The summed E-state index contributed by atoms with van der Waals surface area (Å²) in [5.74, 6) is 0. The van der Waals surface area contributed by atoms with Crippen molar-refractivity contribution in [3.63, 3.8) is 0 Å². The van der Waals surface area contributed by atoms with Crippen LogP contribution in [0.4, 0.5) is 0 Å². The molecule has 1 unspecified atom stereocenters. The van der Waals surface area contributed by atoms with E-state index in [2.05, 4.69) is 22.3 Å². The zero-order chi connectivity index (χ0) is 13.0. The van der Waals surface area contributed by atoms with Crippen molar-refractivity contribution < 1.29 is 0 Å². The van der Waals surface area contributed by atoms with E-state index < -0.39 is 0 Å². The van der Waals surface area contributed by atoms with E-state index in [4.69, 9.17) is 11.6 Å². The molecule has 96 valence electrons. The highest BCUT2D eigenvalue weighted by Crippen LogP contribution is 2.25. The Morgan fingerprint density at radius 3 is 2.89 bits per heavy atom. The zero-order valence-corrected chi connectivity index (χ0v) is 11.4. The molecule has 0 aliphatic rings. The molecule has 0 spiro atoms. The molecule has 2 aromatic heterocycles. The highest BCUT2D eigenvalue weighted by atomic mass is 35.5. The minimum absolute atomic E-state index is 0.120. The lowest BCUT2D eigenvalue weighted by molar-refractivity contribution is 0.510. The standard InChI is InChI=1S/C13H17ClN4/c1-3-18-13(11(14)9-17-18)12(15-2)8-10-6-4-5-7-16-10/h4-7,9,12,15H,3,8H2,1-2H3. The summed E-state index contributed by atoms with van der Waals surface area (Å²) in [7, 11) is 1.93. The first-order valence-electron chi connectivity index (χ1n) is 6.04. The van der Waals surface area contributed by atoms with E-state index in [9.17, 15) is 0 Å². The third kappa shape index (κ3) is 2.71. The first-order valence-corrected chi connectivity index (χ1v) is 6.42. The molecule has 2 heterocycles. The van der Waals surface area contributed by atoms with Crippen LogP contribution in [0.3, 0.4) is 0 Å². The van der Waals surface area contributed by atoms with Gasteiger partial charge in [-0.15, -0.1) is 0 Å². The summed E-state index contributed by atoms with van der Waals surface area (Å²) in [5, 5.41) is 8.25. The SMILES string of the molecule is CCn1ncc(Cl)c1C(Cc1ccccn1)NC. The summed E-state index contributed by atoms with van der Waals surface area (Å²) >= 11 is 6.22. The van der Waals surface area contributed by atoms with Crippen molar-refractivity contribution in [1.29, 1.82) is 0 Å². The summed E-state index contributed by atoms with van der Waals surface area (Å²) < 4.78 is 1.92. The summed E-state index contributed by atoms with van der Waals surface area (Å²) in [6.45, 7) is 2.86. The van der Waals surface area contributed by atoms with Crippen LogP contribution >= 0.6 is 11.6 Å². The van der Waals surface area contributed by atoms with Crippen LogP contribution in [0.15, 0.2) is 30.6 Å². The van der Waals surface area contributed by atoms with Crippen LogP contribution in [0.1, 0.15) is 24.4 Å². The number of hydrogen-bond acceptors (Lipinski definition) is 3. The third-order valence-corrected chi connectivity index (χ3v) is 3.24. The van der Waals surface area contributed by atoms with Crippen LogP contribution in [-0.4, -0.2) is 21.8 Å². The second-order valence-electron chi connectivity index (χ2n) is 4.06. The number of nitrogens with zero attached hydrogens (tertiary/aromatic N) is 3. The van der Waals surface area contributed by atoms with E-state index in [0.717, 1.165) is 24.4 Å². The zero-order valence-electron chi connectivity index (χ0n) is 10.6. The smallest absolute Gasteiger partial charge is 0.0834 e. The largest absolute Gasteiger partial charge is 0.311 e. The van der Waals surface area contributed by atoms with Gasteiger partial charge in [0.05, 0.1) is 23.0 Å². The molecule has 0 aromatic carbocycles. The quantitative estimate of drug-likeness (QED) is 0.902. The number of likely N-dealkylation sites (N-methyl/N-ethyl adjacent to an activating group) is 1. The van der Waals surface area contributed by atoms with Gasteiger partial charge in [0.2, 0.25) is 0 Å². The number of aryl methyl sites for hydroxylation is 1. The summed E-state index contributed by atoms with van der Waals surface area (Å²) in [4.78, 5) is 4.35. The van der Waals surface area contributed by atoms with E-state index in [1.807, 2.05) is 29.9 Å². The molecule has 0 fully saturated rings. The van der Waals surface area contributed by atoms with Gasteiger partial charge in [0.25, 0.3) is 0 Å². The van der Waals surface area contributed by atoms with Crippen LogP contribution < -0.4 is 5.32 Å². The van der Waals surface area contributed by atoms with Crippen LogP contribution in [0.5, 0.6) is 0 Å². The maximum Gasteiger partial charge on any atom is 0.0834 e. The Morgan fingerprint density at radius 1 is 1.44 bits per heavy atom. The molecule has 2 aromatic rings. The maximum absolute atomic E-state index is 6.22. The predicted molar refractivity (Wildman–Crippen MR) is 72.7 cm³/mol. The van der Waals surface area contributed by atoms with Gasteiger partial charge in [0.15, 0.2) is 0 Å². The van der Waals surface area contributed by atoms with Crippen molar-refractivity contribution in [2.75, 3.05) is 7.05 Å². The topological polar surface area (TPSA) is 42.7 Å². The van der Waals surface area contributed by atoms with Gasteiger partial charge in [-0.2, -0.15) is 5.10 Å². The molecule has 0 aliphatic carbocycles. The van der Waals surface area contributed by atoms with Crippen molar-refractivity contribution in [2.45, 2.75) is 25.9 Å². The average molecular weight is 265 g/mol. The Balaban J connectivity index is 2.25. The highest BCUT2D eigenvalue weighted by Gasteiger charge is 2.19. The second kappa shape index (κ2) is 5.98. The lowest BCUT2D eigenvalue weighted by atomic mass is 10.1. The molecule has 2 rings (SSSR count). The first-order chi connectivity index (χ1) is 8.76. The van der Waals surface area contributed by atoms with Crippen LogP contribution in [0.25, 0.3) is 0 Å². The van der Waals surface area contributed by atoms with Crippen molar-refractivity contribution in [3.05, 3.63) is 47.0 Å². The second-order valence-corrected chi connectivity index (χ2v) is 4.47. The van der Waals surface area contributed by atoms with E-state index in [1.54, 1.807) is 12.4 Å². The number of nitrogens with one attached hydrogen (secondary N) is 1. The highest BCUT2D eigenvalue weighted by molar-refractivity contribution is 6.31. The van der Waals surface area contributed by atoms with Crippen molar-refractivity contribution in [3.8, 4) is 0 Å². The molecule has 1 N–H and O–H groups in total. The van der Waals surface area contributed by atoms with E-state index in [1.165, 1.54) is 0 Å². The van der Waals surface area contributed by atoms with Crippen molar-refractivity contribution in [1.82, 2.24) is 20.1 Å². The molecule has 0 radical (unpaired) electrons. The van der Waals surface area contributed by atoms with Crippen LogP contribution in [-0.2, 0) is 13.0 Å². The third-order valence-electron chi connectivity index (χ3n) is 2.95. The Hall–Kier alpha value is -1.39. The van der Waals surface area contributed by atoms with Crippen LogP contribution in [0, 0.1) is 0 Å². The fourth-order valence-electron chi connectivity index (χ4n) is 2.03. The lowest BCUT2D eigenvalue weighted by Crippen LogP contribution is -2.23. The molecule has 4 nitrogen and oxygen atoms in total. The fourth-order valence-corrected chi connectivity index (χ4v) is 2.31. The molecule has 5 heteroatoms. The van der Waals surface area contributed by atoms with Gasteiger partial charge >= 0.3 is 0 Å². The lowest BCUT2D eigenvalue weighted by Gasteiger charge is -2.17. The van der Waals surface area contributed by atoms with E-state index in [0.29, 0.717) is 5.02 Å². The molecule has 1 atom stereocenters. The van der Waals surface area contributed by atoms with Crippen molar-refractivity contribution >= 4 is 11.6 Å².